The Labute approximate surface area is 104 Å². The molecule has 3 N–H and O–H groups in total. The molecule has 0 aromatic heterocycles. The quantitative estimate of drug-likeness (QED) is 0.854. The average Bonchev–Trinajstić information content (AvgIpc) is 2.12. The van der Waals surface area contributed by atoms with Gasteiger partial charge in [0, 0.05) is 12.6 Å². The summed E-state index contributed by atoms with van der Waals surface area (Å²) in [5.74, 6) is 0. The van der Waals surface area contributed by atoms with Crippen molar-refractivity contribution in [3.63, 3.8) is 0 Å². The minimum Gasteiger partial charge on any atom is -0.396 e. The molecular formula is C13H22ClNO. The molecule has 0 amide bonds. The maximum atomic E-state index is 8.79. The zero-order valence-electron chi connectivity index (χ0n) is 10.3. The van der Waals surface area contributed by atoms with Crippen LogP contribution in [0, 0.1) is 20.8 Å². The van der Waals surface area contributed by atoms with Crippen molar-refractivity contribution in [2.24, 2.45) is 5.73 Å². The van der Waals surface area contributed by atoms with Crippen LogP contribution in [0.4, 0.5) is 0 Å². The summed E-state index contributed by atoms with van der Waals surface area (Å²) in [4.78, 5) is 0. The van der Waals surface area contributed by atoms with E-state index in [0.29, 0.717) is 0 Å². The van der Waals surface area contributed by atoms with Crippen molar-refractivity contribution in [1.29, 1.82) is 0 Å². The Hall–Kier alpha value is -0.570. The Bertz CT molecular complexity index is 316. The zero-order valence-corrected chi connectivity index (χ0v) is 11.1. The highest BCUT2D eigenvalue weighted by atomic mass is 35.5. The molecule has 3 heteroatoms. The zero-order chi connectivity index (χ0) is 11.4. The molecule has 0 aliphatic heterocycles. The van der Waals surface area contributed by atoms with Gasteiger partial charge >= 0.3 is 0 Å². The van der Waals surface area contributed by atoms with Crippen molar-refractivity contribution in [3.05, 3.63) is 34.4 Å². The third-order valence-corrected chi connectivity index (χ3v) is 2.78. The highest BCUT2D eigenvalue weighted by Crippen LogP contribution is 2.24. The van der Waals surface area contributed by atoms with E-state index in [1.807, 2.05) is 0 Å². The van der Waals surface area contributed by atoms with Gasteiger partial charge in [0.2, 0.25) is 0 Å². The van der Waals surface area contributed by atoms with Crippen LogP contribution in [-0.2, 0) is 0 Å². The van der Waals surface area contributed by atoms with Crippen molar-refractivity contribution in [1.82, 2.24) is 0 Å². The summed E-state index contributed by atoms with van der Waals surface area (Å²) < 4.78 is 0. The number of halogens is 1. The number of nitrogens with two attached hydrogens (primary N) is 1. The van der Waals surface area contributed by atoms with Crippen LogP contribution in [-0.4, -0.2) is 11.7 Å². The minimum atomic E-state index is 0. The molecule has 0 radical (unpaired) electrons. The lowest BCUT2D eigenvalue weighted by Crippen LogP contribution is -2.14. The topological polar surface area (TPSA) is 46.2 Å². The monoisotopic (exact) mass is 243 g/mol. The molecule has 1 aromatic carbocycles. The van der Waals surface area contributed by atoms with Crippen LogP contribution in [0.1, 0.15) is 41.1 Å². The molecule has 0 fully saturated rings. The summed E-state index contributed by atoms with van der Waals surface area (Å²) in [6.45, 7) is 6.53. The first kappa shape index (κ1) is 15.4. The molecular weight excluding hydrogens is 222 g/mol. The van der Waals surface area contributed by atoms with E-state index in [0.717, 1.165) is 12.8 Å². The predicted molar refractivity (Wildman–Crippen MR) is 71.1 cm³/mol. The second kappa shape index (κ2) is 6.89. The van der Waals surface area contributed by atoms with Crippen LogP contribution in [0.3, 0.4) is 0 Å². The molecule has 1 aromatic rings. The fraction of sp³-hybridized carbons (Fsp3) is 0.538. The molecule has 0 aliphatic rings. The van der Waals surface area contributed by atoms with E-state index in [1.54, 1.807) is 0 Å². The van der Waals surface area contributed by atoms with Crippen LogP contribution in [0.15, 0.2) is 12.1 Å². The van der Waals surface area contributed by atoms with Crippen LogP contribution < -0.4 is 5.73 Å². The van der Waals surface area contributed by atoms with E-state index in [-0.39, 0.29) is 25.1 Å². The molecule has 1 atom stereocenters. The molecule has 0 bridgehead atoms. The van der Waals surface area contributed by atoms with Gasteiger partial charge in [-0.1, -0.05) is 17.7 Å². The van der Waals surface area contributed by atoms with Crippen molar-refractivity contribution in [3.8, 4) is 0 Å². The maximum Gasteiger partial charge on any atom is 0.0431 e. The average molecular weight is 244 g/mol. The molecule has 0 saturated carbocycles. The molecule has 0 heterocycles. The fourth-order valence-electron chi connectivity index (χ4n) is 2.23. The first-order valence-electron chi connectivity index (χ1n) is 5.50. The first-order valence-corrected chi connectivity index (χ1v) is 5.50. The lowest BCUT2D eigenvalue weighted by molar-refractivity contribution is 0.280. The number of aryl methyl sites for hydroxylation is 3. The van der Waals surface area contributed by atoms with Crippen molar-refractivity contribution < 1.29 is 5.11 Å². The molecule has 0 spiro atoms. The summed E-state index contributed by atoms with van der Waals surface area (Å²) in [5.41, 5.74) is 11.2. The molecule has 1 rings (SSSR count). The number of hydrogen-bond donors (Lipinski definition) is 2. The highest BCUT2D eigenvalue weighted by Gasteiger charge is 2.11. The summed E-state index contributed by atoms with van der Waals surface area (Å²) in [5, 5.41) is 8.79. The van der Waals surface area contributed by atoms with Gasteiger partial charge in [-0.25, -0.2) is 0 Å². The summed E-state index contributed by atoms with van der Waals surface area (Å²) in [6.07, 6.45) is 1.62. The third kappa shape index (κ3) is 3.78. The van der Waals surface area contributed by atoms with Gasteiger partial charge in [0.1, 0.15) is 0 Å². The first-order chi connectivity index (χ1) is 7.06. The van der Waals surface area contributed by atoms with Crippen LogP contribution in [0.25, 0.3) is 0 Å². The lowest BCUT2D eigenvalue weighted by atomic mass is 9.92. The van der Waals surface area contributed by atoms with E-state index in [9.17, 15) is 0 Å². The Morgan fingerprint density at radius 2 is 1.69 bits per heavy atom. The second-order valence-corrected chi connectivity index (χ2v) is 4.28. The smallest absolute Gasteiger partial charge is 0.0431 e. The van der Waals surface area contributed by atoms with Crippen molar-refractivity contribution >= 4 is 12.4 Å². The molecule has 92 valence electrons. The van der Waals surface area contributed by atoms with Crippen molar-refractivity contribution in [2.75, 3.05) is 6.61 Å². The van der Waals surface area contributed by atoms with E-state index in [4.69, 9.17) is 10.8 Å². The number of hydrogen-bond acceptors (Lipinski definition) is 2. The second-order valence-electron chi connectivity index (χ2n) is 4.28. The van der Waals surface area contributed by atoms with Gasteiger partial charge in [-0.15, -0.1) is 12.4 Å². The Morgan fingerprint density at radius 3 is 2.12 bits per heavy atom. The number of aliphatic hydroxyl groups is 1. The molecule has 0 unspecified atom stereocenters. The molecule has 16 heavy (non-hydrogen) atoms. The maximum absolute atomic E-state index is 8.79. The van der Waals surface area contributed by atoms with Crippen LogP contribution >= 0.6 is 12.4 Å². The Morgan fingerprint density at radius 1 is 1.19 bits per heavy atom. The SMILES string of the molecule is Cc1cc(C)c([C@H](N)CCCO)c(C)c1.Cl. The van der Waals surface area contributed by atoms with Gasteiger partial charge < -0.3 is 10.8 Å². The molecule has 0 saturated heterocycles. The largest absolute Gasteiger partial charge is 0.396 e. The standard InChI is InChI=1S/C13H21NO.ClH/c1-9-7-10(2)13(11(3)8-9)12(14)5-4-6-15;/h7-8,12,15H,4-6,14H2,1-3H3;1H/t12-;/m1./s1. The predicted octanol–water partition coefficient (Wildman–Crippen LogP) is 2.81. The highest BCUT2D eigenvalue weighted by molar-refractivity contribution is 5.85. The van der Waals surface area contributed by atoms with Gasteiger partial charge in [-0.2, -0.15) is 0 Å². The van der Waals surface area contributed by atoms with E-state index in [2.05, 4.69) is 32.9 Å². The normalized spacial score (nSPS) is 12.1. The van der Waals surface area contributed by atoms with Gasteiger partial charge in [-0.3, -0.25) is 0 Å². The van der Waals surface area contributed by atoms with Crippen molar-refractivity contribution in [2.45, 2.75) is 39.7 Å². The van der Waals surface area contributed by atoms with Gasteiger partial charge in [-0.05, 0) is 50.3 Å². The molecule has 2 nitrogen and oxygen atoms in total. The Kier molecular flexibility index (Phi) is 6.65. The van der Waals surface area contributed by atoms with Crippen LogP contribution in [0.5, 0.6) is 0 Å². The van der Waals surface area contributed by atoms with Gasteiger partial charge in [0.25, 0.3) is 0 Å². The number of rotatable bonds is 4. The van der Waals surface area contributed by atoms with E-state index >= 15 is 0 Å². The summed E-state index contributed by atoms with van der Waals surface area (Å²) in [7, 11) is 0. The van der Waals surface area contributed by atoms with E-state index in [1.165, 1.54) is 22.3 Å². The molecule has 0 aliphatic carbocycles. The van der Waals surface area contributed by atoms with Crippen LogP contribution in [0.2, 0.25) is 0 Å². The van der Waals surface area contributed by atoms with Gasteiger partial charge in [0.15, 0.2) is 0 Å². The minimum absolute atomic E-state index is 0. The lowest BCUT2D eigenvalue weighted by Gasteiger charge is -2.18. The number of benzene rings is 1. The fourth-order valence-corrected chi connectivity index (χ4v) is 2.23. The van der Waals surface area contributed by atoms with Gasteiger partial charge in [0.05, 0.1) is 0 Å². The Balaban J connectivity index is 0.00000225. The number of aliphatic hydroxyl groups excluding tert-OH is 1. The summed E-state index contributed by atoms with van der Waals surface area (Å²) >= 11 is 0. The third-order valence-electron chi connectivity index (χ3n) is 2.78. The van der Waals surface area contributed by atoms with E-state index < -0.39 is 0 Å². The summed E-state index contributed by atoms with van der Waals surface area (Å²) in [6, 6.07) is 4.39.